The molecule has 0 spiro atoms. The Morgan fingerprint density at radius 2 is 0.829 bits per heavy atom. The van der Waals surface area contributed by atoms with E-state index in [1.165, 1.54) is 101 Å². The van der Waals surface area contributed by atoms with Crippen LogP contribution in [0.3, 0.4) is 0 Å². The average molecular weight is 630 g/mol. The van der Waals surface area contributed by atoms with Crippen molar-refractivity contribution in [1.29, 1.82) is 0 Å². The van der Waals surface area contributed by atoms with E-state index in [4.69, 9.17) is 9.05 Å². The molecule has 0 aromatic heterocycles. The third-order valence-electron chi connectivity index (χ3n) is 6.34. The van der Waals surface area contributed by atoms with Gasteiger partial charge in [-0.1, -0.05) is 115 Å². The number of hydrogen-bond acceptors (Lipinski definition) is 3. The van der Waals surface area contributed by atoms with Gasteiger partial charge in [-0.05, 0) is 61.1 Å². The Bertz CT molecular complexity index is 712. The number of rotatable bonds is 20. The van der Waals surface area contributed by atoms with Crippen LogP contribution in [0.4, 0.5) is 0 Å². The molecule has 0 N–H and O–H groups in total. The molecule has 0 amide bonds. The molecule has 2 aromatic carbocycles. The van der Waals surface area contributed by atoms with Gasteiger partial charge in [0.2, 0.25) is 0 Å². The fourth-order valence-electron chi connectivity index (χ4n) is 4.20. The van der Waals surface area contributed by atoms with Gasteiger partial charge >= 0.3 is 8.25 Å². The average Bonchev–Trinajstić information content (AvgIpc) is 2.85. The number of aryl methyl sites for hydroxylation is 2. The minimum atomic E-state index is -2.24. The monoisotopic (exact) mass is 627 g/mol. The first-order valence-corrected chi connectivity index (χ1v) is 14.8. The van der Waals surface area contributed by atoms with E-state index < -0.39 is 8.25 Å². The Morgan fingerprint density at radius 3 is 1.17 bits per heavy atom. The summed E-state index contributed by atoms with van der Waals surface area (Å²) in [7, 11) is -2.24. The van der Waals surface area contributed by atoms with Gasteiger partial charge in [0.25, 0.3) is 0 Å². The van der Waals surface area contributed by atoms with E-state index in [0.717, 1.165) is 12.8 Å². The van der Waals surface area contributed by atoms with Gasteiger partial charge in [0.15, 0.2) is 11.5 Å². The van der Waals surface area contributed by atoms with Crippen LogP contribution in [0.25, 0.3) is 0 Å². The molecular formula is C30H46NdO3P+. The van der Waals surface area contributed by atoms with Crippen LogP contribution in [0.5, 0.6) is 11.5 Å². The molecule has 0 fully saturated rings. The van der Waals surface area contributed by atoms with Crippen molar-refractivity contribution in [2.75, 3.05) is 0 Å². The van der Waals surface area contributed by atoms with Crippen molar-refractivity contribution in [2.45, 2.75) is 117 Å². The molecule has 35 heavy (non-hydrogen) atoms. The van der Waals surface area contributed by atoms with Gasteiger partial charge in [-0.15, -0.1) is 0 Å². The Labute approximate surface area is 248 Å². The molecular weight excluding hydrogens is 584 g/mol. The van der Waals surface area contributed by atoms with Crippen LogP contribution in [-0.2, 0) is 17.4 Å². The van der Waals surface area contributed by atoms with Crippen molar-refractivity contribution in [3.05, 3.63) is 59.7 Å². The first-order valence-electron chi connectivity index (χ1n) is 13.7. The van der Waals surface area contributed by atoms with Crippen LogP contribution in [0.1, 0.15) is 115 Å². The second kappa shape index (κ2) is 21.6. The standard InChI is InChI=1S/C30H46O3P.Nd/c1-3-5-7-9-11-13-15-17-27-19-23-29(24-20-27)32-34(31)33-30-25-21-28(22-26-30)18-16-14-12-10-8-6-4-2;/h19-26H,3-18H2,1-2H3;/q+1;. The van der Waals surface area contributed by atoms with Crippen molar-refractivity contribution >= 4 is 8.25 Å². The first-order chi connectivity index (χ1) is 16.7. The predicted octanol–water partition coefficient (Wildman–Crippen LogP) is 10.4. The molecule has 0 atom stereocenters. The molecule has 0 unspecified atom stereocenters. The molecule has 2 rings (SSSR count). The third-order valence-corrected chi connectivity index (χ3v) is 7.06. The molecule has 5 heteroatoms. The van der Waals surface area contributed by atoms with Crippen LogP contribution < -0.4 is 9.05 Å². The van der Waals surface area contributed by atoms with Gasteiger partial charge < -0.3 is 0 Å². The summed E-state index contributed by atoms with van der Waals surface area (Å²) < 4.78 is 23.3. The Balaban J connectivity index is 0.00000612. The second-order valence-electron chi connectivity index (χ2n) is 9.44. The molecule has 192 valence electrons. The van der Waals surface area contributed by atoms with Gasteiger partial charge in [-0.25, -0.2) is 9.05 Å². The van der Waals surface area contributed by atoms with Crippen molar-refractivity contribution in [3.63, 3.8) is 0 Å². The van der Waals surface area contributed by atoms with Crippen LogP contribution in [0.15, 0.2) is 48.5 Å². The van der Waals surface area contributed by atoms with Crippen LogP contribution >= 0.6 is 8.25 Å². The topological polar surface area (TPSA) is 35.5 Å². The van der Waals surface area contributed by atoms with Crippen LogP contribution in [0.2, 0.25) is 0 Å². The zero-order valence-corrected chi connectivity index (χ0v) is 26.2. The largest absolute Gasteiger partial charge is 0.805 e. The normalized spacial score (nSPS) is 10.6. The summed E-state index contributed by atoms with van der Waals surface area (Å²) in [6.45, 7) is 4.51. The molecule has 0 saturated heterocycles. The van der Waals surface area contributed by atoms with E-state index >= 15 is 0 Å². The van der Waals surface area contributed by atoms with Crippen molar-refractivity contribution in [3.8, 4) is 11.5 Å². The summed E-state index contributed by atoms with van der Waals surface area (Å²) in [5.41, 5.74) is 2.60. The summed E-state index contributed by atoms with van der Waals surface area (Å²) in [4.78, 5) is 0. The Hall–Kier alpha value is -0.509. The molecule has 3 nitrogen and oxygen atoms in total. The van der Waals surface area contributed by atoms with Crippen molar-refractivity contribution in [2.24, 2.45) is 0 Å². The maximum Gasteiger partial charge on any atom is 0.805 e. The maximum absolute atomic E-state index is 12.3. The van der Waals surface area contributed by atoms with Gasteiger partial charge in [0.05, 0.1) is 0 Å². The van der Waals surface area contributed by atoms with E-state index in [2.05, 4.69) is 38.1 Å². The van der Waals surface area contributed by atoms with Gasteiger partial charge in [-0.3, -0.25) is 0 Å². The van der Waals surface area contributed by atoms with Gasteiger partial charge in [0, 0.05) is 45.4 Å². The number of hydrogen-bond donors (Lipinski definition) is 0. The van der Waals surface area contributed by atoms with E-state index in [1.807, 2.05) is 24.3 Å². The van der Waals surface area contributed by atoms with E-state index in [-0.39, 0.29) is 40.8 Å². The number of benzene rings is 2. The Kier molecular flexibility index (Phi) is 20.0. The zero-order chi connectivity index (χ0) is 24.3. The molecule has 0 radical (unpaired) electrons. The molecule has 0 bridgehead atoms. The maximum atomic E-state index is 12.3. The van der Waals surface area contributed by atoms with E-state index in [1.54, 1.807) is 0 Å². The third kappa shape index (κ3) is 16.0. The van der Waals surface area contributed by atoms with Crippen molar-refractivity contribution < 1.29 is 54.5 Å². The summed E-state index contributed by atoms with van der Waals surface area (Å²) in [6, 6.07) is 15.8. The quantitative estimate of drug-likeness (QED) is 0.108. The molecule has 0 aliphatic heterocycles. The van der Waals surface area contributed by atoms with Gasteiger partial charge in [0.1, 0.15) is 0 Å². The molecule has 2 aromatic rings. The predicted molar refractivity (Wildman–Crippen MR) is 145 cm³/mol. The molecule has 0 heterocycles. The Morgan fingerprint density at radius 1 is 0.514 bits per heavy atom. The van der Waals surface area contributed by atoms with Gasteiger partial charge in [-0.2, -0.15) is 0 Å². The van der Waals surface area contributed by atoms with E-state index in [9.17, 15) is 4.57 Å². The first kappa shape index (κ1) is 32.5. The number of unbranched alkanes of at least 4 members (excludes halogenated alkanes) is 12. The minimum Gasteiger partial charge on any atom is -0.222 e. The summed E-state index contributed by atoms with van der Waals surface area (Å²) >= 11 is 0. The molecule has 0 aliphatic carbocycles. The van der Waals surface area contributed by atoms with Crippen LogP contribution in [0, 0.1) is 40.8 Å². The van der Waals surface area contributed by atoms with Crippen LogP contribution in [-0.4, -0.2) is 0 Å². The van der Waals surface area contributed by atoms with Crippen molar-refractivity contribution in [1.82, 2.24) is 0 Å². The fraction of sp³-hybridized carbons (Fsp3) is 0.600. The molecule has 0 aliphatic rings. The summed E-state index contributed by atoms with van der Waals surface area (Å²) in [6.07, 6.45) is 20.6. The fourth-order valence-corrected chi connectivity index (χ4v) is 4.82. The minimum absolute atomic E-state index is 0. The second-order valence-corrected chi connectivity index (χ2v) is 10.2. The summed E-state index contributed by atoms with van der Waals surface area (Å²) in [5.74, 6) is 1.17. The smallest absolute Gasteiger partial charge is 0.222 e. The zero-order valence-electron chi connectivity index (χ0n) is 22.1. The van der Waals surface area contributed by atoms with E-state index in [0.29, 0.717) is 11.5 Å². The summed E-state index contributed by atoms with van der Waals surface area (Å²) in [5, 5.41) is 0. The molecule has 0 saturated carbocycles. The SMILES string of the molecule is CCCCCCCCCc1ccc(O[P+](=O)Oc2ccc(CCCCCCCCC)cc2)cc1.[Nd].